The van der Waals surface area contributed by atoms with Gasteiger partial charge in [0.15, 0.2) is 0 Å². The van der Waals surface area contributed by atoms with E-state index in [4.69, 9.17) is 0 Å². The molecule has 0 aliphatic heterocycles. The molecule has 0 unspecified atom stereocenters. The van der Waals surface area contributed by atoms with Crippen LogP contribution in [0.2, 0.25) is 0 Å². The number of H-pyrrole nitrogens is 1. The molecule has 0 fully saturated rings. The topological polar surface area (TPSA) is 41.6 Å². The van der Waals surface area contributed by atoms with Crippen LogP contribution in [-0.4, -0.2) is 15.0 Å². The highest BCUT2D eigenvalue weighted by Gasteiger charge is 2.11. The van der Waals surface area contributed by atoms with Crippen molar-refractivity contribution in [2.24, 2.45) is 0 Å². The molecule has 0 spiro atoms. The number of aryl methyl sites for hydroxylation is 4. The number of hydrogen-bond donors (Lipinski definition) is 1. The molecule has 3 heteroatoms. The van der Waals surface area contributed by atoms with Crippen LogP contribution in [0.25, 0.3) is 11.0 Å². The fourth-order valence-corrected chi connectivity index (χ4v) is 1.83. The normalized spacial score (nSPS) is 11.2. The summed E-state index contributed by atoms with van der Waals surface area (Å²) >= 11 is 0. The second kappa shape index (κ2) is 3.65. The van der Waals surface area contributed by atoms with Crippen LogP contribution in [0.5, 0.6) is 0 Å². The zero-order chi connectivity index (χ0) is 11.0. The van der Waals surface area contributed by atoms with Crippen LogP contribution in [0, 0.1) is 13.8 Å². The molecule has 0 atom stereocenters. The Morgan fingerprint density at radius 3 is 2.40 bits per heavy atom. The average molecular weight is 203 g/mol. The molecule has 0 bridgehead atoms. The van der Waals surface area contributed by atoms with E-state index in [-0.39, 0.29) is 0 Å². The number of nitrogens with zero attached hydrogens (tertiary/aromatic N) is 2. The van der Waals surface area contributed by atoms with Crippen LogP contribution in [0.1, 0.15) is 36.6 Å². The van der Waals surface area contributed by atoms with Crippen LogP contribution in [0.3, 0.4) is 0 Å². The molecule has 0 aliphatic rings. The third kappa shape index (κ3) is 1.52. The Kier molecular flexibility index (Phi) is 2.47. The average Bonchev–Trinajstić information content (AvgIpc) is 2.54. The van der Waals surface area contributed by atoms with E-state index in [1.54, 1.807) is 0 Å². The molecule has 2 heterocycles. The van der Waals surface area contributed by atoms with E-state index in [1.165, 1.54) is 11.3 Å². The third-order valence-corrected chi connectivity index (χ3v) is 2.91. The van der Waals surface area contributed by atoms with E-state index in [0.717, 1.165) is 35.4 Å². The van der Waals surface area contributed by atoms with E-state index in [9.17, 15) is 0 Å². The standard InChI is InChI=1S/C12H17N3/c1-5-9-12-11(7(3)8(4)13-12)15-10(6-2)14-9/h13H,5-6H2,1-4H3. The zero-order valence-corrected chi connectivity index (χ0v) is 9.81. The molecule has 0 saturated heterocycles. The van der Waals surface area contributed by atoms with Gasteiger partial charge in [-0.05, 0) is 25.8 Å². The zero-order valence-electron chi connectivity index (χ0n) is 9.81. The van der Waals surface area contributed by atoms with E-state index >= 15 is 0 Å². The quantitative estimate of drug-likeness (QED) is 0.815. The predicted octanol–water partition coefficient (Wildman–Crippen LogP) is 2.70. The van der Waals surface area contributed by atoms with Gasteiger partial charge in [0.25, 0.3) is 0 Å². The molecular weight excluding hydrogens is 186 g/mol. The number of hydrogen-bond acceptors (Lipinski definition) is 2. The Hall–Kier alpha value is -1.38. The molecule has 15 heavy (non-hydrogen) atoms. The van der Waals surface area contributed by atoms with Gasteiger partial charge >= 0.3 is 0 Å². The SMILES string of the molecule is CCc1nc(CC)c2[nH]c(C)c(C)c2n1. The summed E-state index contributed by atoms with van der Waals surface area (Å²) in [5.74, 6) is 0.946. The molecule has 3 nitrogen and oxygen atoms in total. The van der Waals surface area contributed by atoms with Gasteiger partial charge in [0, 0.05) is 12.1 Å². The summed E-state index contributed by atoms with van der Waals surface area (Å²) in [4.78, 5) is 12.5. The Morgan fingerprint density at radius 2 is 1.80 bits per heavy atom. The van der Waals surface area contributed by atoms with Gasteiger partial charge in [-0.3, -0.25) is 0 Å². The Bertz CT molecular complexity index is 497. The molecule has 0 amide bonds. The molecule has 2 rings (SSSR count). The smallest absolute Gasteiger partial charge is 0.129 e. The van der Waals surface area contributed by atoms with Crippen LogP contribution < -0.4 is 0 Å². The number of nitrogens with one attached hydrogen (secondary N) is 1. The van der Waals surface area contributed by atoms with Crippen molar-refractivity contribution in [2.75, 3.05) is 0 Å². The highest BCUT2D eigenvalue weighted by atomic mass is 14.9. The molecule has 0 aliphatic carbocycles. The minimum atomic E-state index is 0.895. The van der Waals surface area contributed by atoms with Crippen LogP contribution in [0.15, 0.2) is 0 Å². The number of rotatable bonds is 2. The maximum absolute atomic E-state index is 4.58. The van der Waals surface area contributed by atoms with Crippen molar-refractivity contribution < 1.29 is 0 Å². The third-order valence-electron chi connectivity index (χ3n) is 2.91. The minimum Gasteiger partial charge on any atom is -0.356 e. The first-order valence-electron chi connectivity index (χ1n) is 5.52. The van der Waals surface area contributed by atoms with Crippen molar-refractivity contribution in [3.05, 3.63) is 22.8 Å². The lowest BCUT2D eigenvalue weighted by molar-refractivity contribution is 0.909. The van der Waals surface area contributed by atoms with Crippen LogP contribution in [0.4, 0.5) is 0 Å². The molecule has 0 aromatic carbocycles. The molecule has 1 N–H and O–H groups in total. The van der Waals surface area contributed by atoms with Gasteiger partial charge in [-0.1, -0.05) is 13.8 Å². The van der Waals surface area contributed by atoms with E-state index in [1.807, 2.05) is 0 Å². The van der Waals surface area contributed by atoms with Gasteiger partial charge in [-0.15, -0.1) is 0 Å². The lowest BCUT2D eigenvalue weighted by Gasteiger charge is -2.02. The number of aromatic nitrogens is 3. The summed E-state index contributed by atoms with van der Waals surface area (Å²) < 4.78 is 0. The fourth-order valence-electron chi connectivity index (χ4n) is 1.83. The summed E-state index contributed by atoms with van der Waals surface area (Å²) in [6, 6.07) is 0. The summed E-state index contributed by atoms with van der Waals surface area (Å²) in [5.41, 5.74) is 5.79. The summed E-state index contributed by atoms with van der Waals surface area (Å²) in [6.07, 6.45) is 1.85. The van der Waals surface area contributed by atoms with Gasteiger partial charge in [0.1, 0.15) is 5.82 Å². The second-order valence-corrected chi connectivity index (χ2v) is 3.89. The van der Waals surface area contributed by atoms with Crippen molar-refractivity contribution in [1.29, 1.82) is 0 Å². The van der Waals surface area contributed by atoms with Crippen molar-refractivity contribution in [3.8, 4) is 0 Å². The van der Waals surface area contributed by atoms with Crippen molar-refractivity contribution in [1.82, 2.24) is 15.0 Å². The maximum atomic E-state index is 4.58. The molecular formula is C12H17N3. The second-order valence-electron chi connectivity index (χ2n) is 3.89. The maximum Gasteiger partial charge on any atom is 0.129 e. The largest absolute Gasteiger partial charge is 0.356 e. The molecule has 80 valence electrons. The lowest BCUT2D eigenvalue weighted by atomic mass is 10.2. The molecule has 0 radical (unpaired) electrons. The Morgan fingerprint density at radius 1 is 1.07 bits per heavy atom. The number of fused-ring (bicyclic) bond motifs is 1. The Balaban J connectivity index is 2.80. The van der Waals surface area contributed by atoms with Gasteiger partial charge < -0.3 is 4.98 Å². The predicted molar refractivity (Wildman–Crippen MR) is 62.1 cm³/mol. The van der Waals surface area contributed by atoms with Gasteiger partial charge in [0.2, 0.25) is 0 Å². The highest BCUT2D eigenvalue weighted by Crippen LogP contribution is 2.22. The lowest BCUT2D eigenvalue weighted by Crippen LogP contribution is -1.98. The fraction of sp³-hybridized carbons (Fsp3) is 0.500. The summed E-state index contributed by atoms with van der Waals surface area (Å²) in [5, 5.41) is 0. The highest BCUT2D eigenvalue weighted by molar-refractivity contribution is 5.82. The van der Waals surface area contributed by atoms with Crippen molar-refractivity contribution >= 4 is 11.0 Å². The monoisotopic (exact) mass is 203 g/mol. The van der Waals surface area contributed by atoms with Gasteiger partial charge in [0.05, 0.1) is 16.7 Å². The Labute approximate surface area is 90.0 Å². The molecule has 0 saturated carbocycles. The first-order chi connectivity index (χ1) is 7.17. The van der Waals surface area contributed by atoms with E-state index in [2.05, 4.69) is 42.6 Å². The van der Waals surface area contributed by atoms with Crippen molar-refractivity contribution in [2.45, 2.75) is 40.5 Å². The van der Waals surface area contributed by atoms with Crippen LogP contribution in [-0.2, 0) is 12.8 Å². The van der Waals surface area contributed by atoms with Gasteiger partial charge in [-0.25, -0.2) is 9.97 Å². The van der Waals surface area contributed by atoms with Crippen molar-refractivity contribution in [3.63, 3.8) is 0 Å². The van der Waals surface area contributed by atoms with E-state index < -0.39 is 0 Å². The molecule has 2 aromatic rings. The van der Waals surface area contributed by atoms with Crippen LogP contribution >= 0.6 is 0 Å². The summed E-state index contributed by atoms with van der Waals surface area (Å²) in [6.45, 7) is 8.42. The minimum absolute atomic E-state index is 0.895. The first-order valence-corrected chi connectivity index (χ1v) is 5.52. The first kappa shape index (κ1) is 10.1. The molecule has 2 aromatic heterocycles. The van der Waals surface area contributed by atoms with E-state index in [0.29, 0.717) is 0 Å². The summed E-state index contributed by atoms with van der Waals surface area (Å²) in [7, 11) is 0. The number of aromatic amines is 1. The van der Waals surface area contributed by atoms with Gasteiger partial charge in [-0.2, -0.15) is 0 Å².